The third-order valence-corrected chi connectivity index (χ3v) is 9.41. The van der Waals surface area contributed by atoms with Crippen LogP contribution in [-0.4, -0.2) is 12.1 Å². The Bertz CT molecular complexity index is 499. The molecule has 1 aliphatic heterocycles. The molecule has 0 aromatic carbocycles. The molecule has 0 aromatic heterocycles. The van der Waals surface area contributed by atoms with Crippen LogP contribution in [0.15, 0.2) is 0 Å². The van der Waals surface area contributed by atoms with Gasteiger partial charge in [-0.05, 0) is 87.4 Å². The van der Waals surface area contributed by atoms with Crippen molar-refractivity contribution in [1.82, 2.24) is 0 Å². The number of hydrogen-bond donors (Lipinski definition) is 0. The monoisotopic (exact) mass is 418 g/mol. The molecule has 1 unspecified atom stereocenters. The van der Waals surface area contributed by atoms with E-state index in [-0.39, 0.29) is 18.0 Å². The molecule has 0 aromatic rings. The van der Waals surface area contributed by atoms with E-state index < -0.39 is 0 Å². The SMILES string of the molecule is CCCCCC[C@@H]1CC[C@@H]([C@H]2CC[C@H](C3(C(C)CCC)CCCCC3)CC2)C(=O)O1. The van der Waals surface area contributed by atoms with E-state index in [1.807, 2.05) is 0 Å². The maximum absolute atomic E-state index is 12.8. The van der Waals surface area contributed by atoms with Crippen molar-refractivity contribution in [3.8, 4) is 0 Å². The first-order valence-corrected chi connectivity index (χ1v) is 13.8. The number of ether oxygens (including phenoxy) is 1. The van der Waals surface area contributed by atoms with E-state index in [4.69, 9.17) is 4.74 Å². The predicted molar refractivity (Wildman–Crippen MR) is 126 cm³/mol. The molecule has 3 aliphatic rings. The number of carbonyl (C=O) groups excluding carboxylic acids is 1. The summed E-state index contributed by atoms with van der Waals surface area (Å²) in [6.07, 6.45) is 23.9. The van der Waals surface area contributed by atoms with Crippen molar-refractivity contribution in [3.05, 3.63) is 0 Å². The number of cyclic esters (lactones) is 1. The van der Waals surface area contributed by atoms with Crippen molar-refractivity contribution in [2.75, 3.05) is 0 Å². The van der Waals surface area contributed by atoms with E-state index in [0.717, 1.165) is 31.1 Å². The van der Waals surface area contributed by atoms with Gasteiger partial charge in [0.25, 0.3) is 0 Å². The first kappa shape index (κ1) is 24.1. The molecule has 3 atom stereocenters. The fourth-order valence-corrected chi connectivity index (χ4v) is 7.55. The van der Waals surface area contributed by atoms with Gasteiger partial charge in [-0.2, -0.15) is 0 Å². The van der Waals surface area contributed by atoms with Crippen LogP contribution in [0, 0.1) is 29.1 Å². The van der Waals surface area contributed by atoms with Gasteiger partial charge >= 0.3 is 5.97 Å². The molecule has 2 nitrogen and oxygen atoms in total. The zero-order chi connectivity index (χ0) is 21.4. The molecule has 2 aliphatic carbocycles. The fourth-order valence-electron chi connectivity index (χ4n) is 7.55. The summed E-state index contributed by atoms with van der Waals surface area (Å²) in [6, 6.07) is 0. The lowest BCUT2D eigenvalue weighted by molar-refractivity contribution is -0.164. The maximum Gasteiger partial charge on any atom is 0.309 e. The van der Waals surface area contributed by atoms with Crippen LogP contribution in [0.2, 0.25) is 0 Å². The van der Waals surface area contributed by atoms with E-state index in [9.17, 15) is 4.79 Å². The van der Waals surface area contributed by atoms with Crippen LogP contribution in [-0.2, 0) is 9.53 Å². The second-order valence-electron chi connectivity index (χ2n) is 11.2. The lowest BCUT2D eigenvalue weighted by Crippen LogP contribution is -2.42. The van der Waals surface area contributed by atoms with Crippen LogP contribution in [0.4, 0.5) is 0 Å². The fraction of sp³-hybridized carbons (Fsp3) is 0.964. The second-order valence-corrected chi connectivity index (χ2v) is 11.2. The number of carbonyl (C=O) groups is 1. The van der Waals surface area contributed by atoms with Crippen LogP contribution in [0.3, 0.4) is 0 Å². The Morgan fingerprint density at radius 1 is 0.900 bits per heavy atom. The molecule has 1 heterocycles. The van der Waals surface area contributed by atoms with E-state index in [2.05, 4.69) is 20.8 Å². The van der Waals surface area contributed by atoms with Gasteiger partial charge in [-0.25, -0.2) is 0 Å². The molecular formula is C28H50O2. The van der Waals surface area contributed by atoms with Crippen molar-refractivity contribution >= 4 is 5.97 Å². The minimum Gasteiger partial charge on any atom is -0.462 e. The lowest BCUT2D eigenvalue weighted by atomic mass is 9.54. The highest BCUT2D eigenvalue weighted by atomic mass is 16.5. The zero-order valence-electron chi connectivity index (χ0n) is 20.4. The molecule has 0 amide bonds. The van der Waals surface area contributed by atoms with Gasteiger partial charge in [-0.3, -0.25) is 4.79 Å². The summed E-state index contributed by atoms with van der Waals surface area (Å²) in [4.78, 5) is 12.8. The zero-order valence-corrected chi connectivity index (χ0v) is 20.4. The first-order chi connectivity index (χ1) is 14.6. The maximum atomic E-state index is 12.8. The highest BCUT2D eigenvalue weighted by Gasteiger charge is 2.46. The molecule has 0 radical (unpaired) electrons. The van der Waals surface area contributed by atoms with Gasteiger partial charge in [0.1, 0.15) is 6.10 Å². The largest absolute Gasteiger partial charge is 0.462 e. The molecule has 2 saturated carbocycles. The van der Waals surface area contributed by atoms with Crippen molar-refractivity contribution in [2.45, 2.75) is 142 Å². The lowest BCUT2D eigenvalue weighted by Gasteiger charge is -2.51. The molecular weight excluding hydrogens is 368 g/mol. The highest BCUT2D eigenvalue weighted by Crippen LogP contribution is 2.55. The van der Waals surface area contributed by atoms with Gasteiger partial charge in [-0.1, -0.05) is 72.1 Å². The Hall–Kier alpha value is -0.530. The van der Waals surface area contributed by atoms with E-state index in [1.165, 1.54) is 96.3 Å². The summed E-state index contributed by atoms with van der Waals surface area (Å²) < 4.78 is 5.93. The average molecular weight is 419 g/mol. The first-order valence-electron chi connectivity index (χ1n) is 13.8. The van der Waals surface area contributed by atoms with E-state index in [1.54, 1.807) is 0 Å². The molecule has 174 valence electrons. The smallest absolute Gasteiger partial charge is 0.309 e. The van der Waals surface area contributed by atoms with Crippen molar-refractivity contribution in [1.29, 1.82) is 0 Å². The molecule has 0 spiro atoms. The van der Waals surface area contributed by atoms with E-state index in [0.29, 0.717) is 11.3 Å². The Morgan fingerprint density at radius 2 is 1.63 bits per heavy atom. The molecule has 3 fully saturated rings. The number of hydrogen-bond acceptors (Lipinski definition) is 2. The van der Waals surface area contributed by atoms with Crippen LogP contribution < -0.4 is 0 Å². The molecule has 30 heavy (non-hydrogen) atoms. The van der Waals surface area contributed by atoms with Crippen molar-refractivity contribution in [2.24, 2.45) is 29.1 Å². The van der Waals surface area contributed by atoms with Gasteiger partial charge in [0.15, 0.2) is 0 Å². The molecule has 2 heteroatoms. The summed E-state index contributed by atoms with van der Waals surface area (Å²) in [6.45, 7) is 7.16. The average Bonchev–Trinajstić information content (AvgIpc) is 2.78. The van der Waals surface area contributed by atoms with Crippen molar-refractivity contribution < 1.29 is 9.53 Å². The summed E-state index contributed by atoms with van der Waals surface area (Å²) in [5, 5.41) is 0. The minimum atomic E-state index is 0.150. The third kappa shape index (κ3) is 5.83. The van der Waals surface area contributed by atoms with Crippen LogP contribution in [0.1, 0.15) is 136 Å². The number of unbranched alkanes of at least 4 members (excludes halogenated alkanes) is 3. The van der Waals surface area contributed by atoms with Gasteiger partial charge in [-0.15, -0.1) is 0 Å². The van der Waals surface area contributed by atoms with Gasteiger partial charge < -0.3 is 4.74 Å². The van der Waals surface area contributed by atoms with Crippen LogP contribution in [0.25, 0.3) is 0 Å². The highest BCUT2D eigenvalue weighted by molar-refractivity contribution is 5.73. The van der Waals surface area contributed by atoms with Crippen LogP contribution in [0.5, 0.6) is 0 Å². The van der Waals surface area contributed by atoms with Gasteiger partial charge in [0.05, 0.1) is 5.92 Å². The second kappa shape index (κ2) is 11.9. The Labute approximate surface area is 187 Å². The Morgan fingerprint density at radius 3 is 2.27 bits per heavy atom. The van der Waals surface area contributed by atoms with Crippen LogP contribution >= 0.6 is 0 Å². The molecule has 1 saturated heterocycles. The third-order valence-electron chi connectivity index (χ3n) is 9.41. The topological polar surface area (TPSA) is 26.3 Å². The molecule has 3 rings (SSSR count). The quantitative estimate of drug-likeness (QED) is 0.263. The van der Waals surface area contributed by atoms with Crippen molar-refractivity contribution in [3.63, 3.8) is 0 Å². The standard InChI is InChI=1S/C28H50O2/c1-4-6-7-9-13-25-18-19-26(27(29)30-25)23-14-16-24(17-15-23)28(22(3)12-5-2)20-10-8-11-21-28/h22-26H,4-21H2,1-3H3/t22?,23-,24-,25-,26+/m1/s1. The summed E-state index contributed by atoms with van der Waals surface area (Å²) in [5.74, 6) is 2.72. The normalized spacial score (nSPS) is 33.1. The summed E-state index contributed by atoms with van der Waals surface area (Å²) >= 11 is 0. The minimum absolute atomic E-state index is 0.150. The molecule has 0 N–H and O–H groups in total. The van der Waals surface area contributed by atoms with Gasteiger partial charge in [0.2, 0.25) is 0 Å². The number of esters is 1. The Kier molecular flexibility index (Phi) is 9.58. The van der Waals surface area contributed by atoms with Gasteiger partial charge in [0, 0.05) is 0 Å². The predicted octanol–water partition coefficient (Wildman–Crippen LogP) is 8.47. The Balaban J connectivity index is 1.49. The summed E-state index contributed by atoms with van der Waals surface area (Å²) in [5.41, 5.74) is 0.607. The number of rotatable bonds is 10. The molecule has 0 bridgehead atoms. The summed E-state index contributed by atoms with van der Waals surface area (Å²) in [7, 11) is 0. The van der Waals surface area contributed by atoms with E-state index >= 15 is 0 Å².